The number of nitrogens with zero attached hydrogens (tertiary/aromatic N) is 3. The molecule has 0 saturated heterocycles. The van der Waals surface area contributed by atoms with Gasteiger partial charge in [0.1, 0.15) is 5.82 Å². The van der Waals surface area contributed by atoms with Crippen molar-refractivity contribution in [3.05, 3.63) is 92.7 Å². The molecule has 11 heteroatoms. The summed E-state index contributed by atoms with van der Waals surface area (Å²) < 4.78 is 30.5. The van der Waals surface area contributed by atoms with Gasteiger partial charge in [-0.1, -0.05) is 74.7 Å². The lowest BCUT2D eigenvalue weighted by Gasteiger charge is -2.15. The van der Waals surface area contributed by atoms with Crippen LogP contribution in [0.3, 0.4) is 0 Å². The lowest BCUT2D eigenvalue weighted by molar-refractivity contribution is 0.587. The molecule has 0 bridgehead atoms. The molecule has 43 heavy (non-hydrogen) atoms. The van der Waals surface area contributed by atoms with Gasteiger partial charge >= 0.3 is 0 Å². The Bertz CT molecular complexity index is 1390. The van der Waals surface area contributed by atoms with Gasteiger partial charge in [0.2, 0.25) is 0 Å². The van der Waals surface area contributed by atoms with Crippen LogP contribution in [0.5, 0.6) is 0 Å². The first-order chi connectivity index (χ1) is 20.4. The zero-order chi connectivity index (χ0) is 33.0. The van der Waals surface area contributed by atoms with E-state index in [1.807, 2.05) is 66.7 Å². The molecule has 0 spiro atoms. The van der Waals surface area contributed by atoms with Gasteiger partial charge in [0.05, 0.1) is 15.6 Å². The van der Waals surface area contributed by atoms with Crippen LogP contribution in [-0.4, -0.2) is 31.5 Å². The van der Waals surface area contributed by atoms with Crippen molar-refractivity contribution in [1.29, 1.82) is 0 Å². The normalized spacial score (nSPS) is 12.6. The summed E-state index contributed by atoms with van der Waals surface area (Å²) in [6, 6.07) is 6.05. The second-order valence-corrected chi connectivity index (χ2v) is 12.5. The molecular formula is C32H46BrCl2N5O2S. The van der Waals surface area contributed by atoms with Crippen molar-refractivity contribution in [3.63, 3.8) is 0 Å². The molecule has 1 aromatic heterocycles. The van der Waals surface area contributed by atoms with Gasteiger partial charge in [0.15, 0.2) is 5.82 Å². The Hall–Kier alpha value is -2.59. The lowest BCUT2D eigenvalue weighted by atomic mass is 10.1. The minimum atomic E-state index is -3.71. The molecule has 0 saturated carbocycles. The van der Waals surface area contributed by atoms with E-state index in [4.69, 9.17) is 23.2 Å². The van der Waals surface area contributed by atoms with Crippen LogP contribution >= 0.6 is 39.1 Å². The van der Waals surface area contributed by atoms with Crippen LogP contribution in [0.25, 0.3) is 5.82 Å². The van der Waals surface area contributed by atoms with Crippen molar-refractivity contribution in [2.24, 2.45) is 10.9 Å². The van der Waals surface area contributed by atoms with E-state index in [9.17, 15) is 8.42 Å². The average molecular weight is 716 g/mol. The van der Waals surface area contributed by atoms with Gasteiger partial charge in [-0.3, -0.25) is 4.72 Å². The number of halogens is 3. The molecule has 1 heterocycles. The highest BCUT2D eigenvalue weighted by atomic mass is 79.9. The van der Waals surface area contributed by atoms with Crippen molar-refractivity contribution < 1.29 is 8.42 Å². The van der Waals surface area contributed by atoms with E-state index in [1.165, 1.54) is 17.7 Å². The highest BCUT2D eigenvalue weighted by Gasteiger charge is 2.15. The number of sulfonamides is 1. The van der Waals surface area contributed by atoms with E-state index in [0.717, 1.165) is 28.2 Å². The Kier molecular flexibility index (Phi) is 20.7. The van der Waals surface area contributed by atoms with Crippen LogP contribution in [0.15, 0.2) is 97.6 Å². The highest BCUT2D eigenvalue weighted by Crippen LogP contribution is 2.26. The van der Waals surface area contributed by atoms with Gasteiger partial charge in [-0.15, -0.1) is 0 Å². The van der Waals surface area contributed by atoms with Crippen molar-refractivity contribution in [1.82, 2.24) is 19.8 Å². The number of hydrogen-bond acceptors (Lipinski definition) is 5. The molecule has 0 aliphatic carbocycles. The van der Waals surface area contributed by atoms with Crippen LogP contribution < -0.4 is 10.0 Å². The summed E-state index contributed by atoms with van der Waals surface area (Å²) in [6.07, 6.45) is 14.8. The predicted molar refractivity (Wildman–Crippen MR) is 191 cm³/mol. The number of rotatable bonds is 13. The number of allylic oxidation sites excluding steroid dienone is 8. The van der Waals surface area contributed by atoms with Gasteiger partial charge in [-0.2, -0.15) is 9.78 Å². The first-order valence-corrected chi connectivity index (χ1v) is 17.2. The fourth-order valence-corrected chi connectivity index (χ4v) is 4.94. The fraction of sp³-hybridized carbons (Fsp3) is 0.375. The maximum Gasteiger partial charge on any atom is 0.261 e. The second kappa shape index (κ2) is 22.0. The van der Waals surface area contributed by atoms with Gasteiger partial charge in [0.25, 0.3) is 10.0 Å². The Labute approximate surface area is 277 Å². The summed E-state index contributed by atoms with van der Waals surface area (Å²) in [4.78, 5) is 4.15. The summed E-state index contributed by atoms with van der Waals surface area (Å²) in [6.45, 7) is 20.1. The smallest absolute Gasteiger partial charge is 0.261 e. The number of hydrogen-bond donors (Lipinski definition) is 2. The third-order valence-corrected chi connectivity index (χ3v) is 8.13. The van der Waals surface area contributed by atoms with E-state index in [1.54, 1.807) is 35.2 Å². The molecule has 7 nitrogen and oxygen atoms in total. The third kappa shape index (κ3) is 15.1. The summed E-state index contributed by atoms with van der Waals surface area (Å²) in [5.74, 6) is 1.50. The SMILES string of the molecule is C=Nc1c(Br)cnn1/C(=C\C)NCCC(C)/C=C(\C=C/C)NS(=O)(=O)c1ccc(Cl)cc1.CC.CC/C=C\C(Cl)=C(C)C. The first kappa shape index (κ1) is 40.4. The van der Waals surface area contributed by atoms with Crippen LogP contribution in [0.4, 0.5) is 5.82 Å². The maximum atomic E-state index is 12.7. The van der Waals surface area contributed by atoms with Crippen molar-refractivity contribution >= 4 is 67.5 Å². The molecule has 0 amide bonds. The molecule has 0 aliphatic heterocycles. The molecule has 1 unspecified atom stereocenters. The van der Waals surface area contributed by atoms with Gasteiger partial charge in [0, 0.05) is 22.3 Å². The number of nitrogens with one attached hydrogen (secondary N) is 2. The molecule has 1 aromatic carbocycles. The molecule has 2 aromatic rings. The molecule has 1 atom stereocenters. The minimum Gasteiger partial charge on any atom is -0.370 e. The van der Waals surface area contributed by atoms with Gasteiger partial charge < -0.3 is 5.32 Å². The Balaban J connectivity index is 0.00000137. The predicted octanol–water partition coefficient (Wildman–Crippen LogP) is 10.0. The zero-order valence-electron chi connectivity index (χ0n) is 26.5. The van der Waals surface area contributed by atoms with Gasteiger partial charge in [-0.05, 0) is 112 Å². The second-order valence-electron chi connectivity index (χ2n) is 9.09. The molecule has 0 fully saturated rings. The summed E-state index contributed by atoms with van der Waals surface area (Å²) >= 11 is 15.1. The number of benzene rings is 1. The molecule has 0 radical (unpaired) electrons. The fourth-order valence-electron chi connectivity index (χ4n) is 3.28. The van der Waals surface area contributed by atoms with E-state index in [0.29, 0.717) is 23.1 Å². The van der Waals surface area contributed by atoms with Crippen molar-refractivity contribution in [3.8, 4) is 0 Å². The summed E-state index contributed by atoms with van der Waals surface area (Å²) in [5.41, 5.74) is 1.68. The number of aliphatic imine (C=N–C) groups is 1. The van der Waals surface area contributed by atoms with E-state index >= 15 is 0 Å². The quantitative estimate of drug-likeness (QED) is 0.160. The first-order valence-electron chi connectivity index (χ1n) is 14.1. The molecule has 0 aliphatic rings. The van der Waals surface area contributed by atoms with E-state index in [2.05, 4.69) is 55.8 Å². The molecular weight excluding hydrogens is 669 g/mol. The van der Waals surface area contributed by atoms with Crippen LogP contribution in [0.1, 0.15) is 68.2 Å². The molecule has 238 valence electrons. The summed E-state index contributed by atoms with van der Waals surface area (Å²) in [5, 5.41) is 8.98. The topological polar surface area (TPSA) is 88.4 Å². The largest absolute Gasteiger partial charge is 0.370 e. The highest BCUT2D eigenvalue weighted by molar-refractivity contribution is 9.10. The molecule has 2 N–H and O–H groups in total. The third-order valence-electron chi connectivity index (χ3n) is 5.42. The summed E-state index contributed by atoms with van der Waals surface area (Å²) in [7, 11) is -3.71. The van der Waals surface area contributed by atoms with Crippen LogP contribution in [-0.2, 0) is 10.0 Å². The van der Waals surface area contributed by atoms with Crippen LogP contribution in [0.2, 0.25) is 5.02 Å². The van der Waals surface area contributed by atoms with E-state index in [-0.39, 0.29) is 10.8 Å². The number of aromatic nitrogens is 2. The zero-order valence-corrected chi connectivity index (χ0v) is 30.4. The Morgan fingerprint density at radius 2 is 1.81 bits per heavy atom. The van der Waals surface area contributed by atoms with Gasteiger partial charge in [-0.25, -0.2) is 13.4 Å². The Morgan fingerprint density at radius 1 is 1.19 bits per heavy atom. The van der Waals surface area contributed by atoms with Crippen molar-refractivity contribution in [2.75, 3.05) is 6.54 Å². The maximum absolute atomic E-state index is 12.7. The standard InChI is InChI=1S/C22H27BrClN5O2S.C8H13Cl.C2H6/c1-5-7-18(28-32(30,31)19-10-8-17(24)9-11-19)14-16(3)12-13-26-21(6-2)29-22(25-4)20(23)15-27-29;1-4-5-6-8(9)7(2)3;1-2/h5-11,14-16,26,28H,4,12-13H2,1-3H3;5-6H,4H2,1-3H3;1-2H3/b7-5-,18-14+,21-6-;6-5-;. The lowest BCUT2D eigenvalue weighted by Crippen LogP contribution is -2.23. The van der Waals surface area contributed by atoms with Crippen LogP contribution in [0, 0.1) is 5.92 Å². The minimum absolute atomic E-state index is 0.0982. The Morgan fingerprint density at radius 3 is 2.33 bits per heavy atom. The molecule has 2 rings (SSSR count). The van der Waals surface area contributed by atoms with E-state index < -0.39 is 10.0 Å². The average Bonchev–Trinajstić information content (AvgIpc) is 3.35. The monoisotopic (exact) mass is 713 g/mol. The van der Waals surface area contributed by atoms with Crippen molar-refractivity contribution in [2.45, 2.75) is 73.1 Å².